The van der Waals surface area contributed by atoms with Crippen LogP contribution < -0.4 is 9.47 Å². The number of aliphatic hydroxyl groups is 1. The van der Waals surface area contributed by atoms with Crippen LogP contribution in [0.5, 0.6) is 11.5 Å². The topological polar surface area (TPSA) is 77.6 Å². The van der Waals surface area contributed by atoms with E-state index in [1.165, 1.54) is 11.8 Å². The van der Waals surface area contributed by atoms with Gasteiger partial charge in [-0.15, -0.1) is 10.2 Å². The van der Waals surface area contributed by atoms with Crippen LogP contribution in [0.1, 0.15) is 5.56 Å². The molecule has 0 unspecified atom stereocenters. The van der Waals surface area contributed by atoms with Crippen molar-refractivity contribution in [2.24, 2.45) is 0 Å². The number of hydrogen-bond donors (Lipinski definition) is 1. The molecule has 0 bridgehead atoms. The first-order valence-corrected chi connectivity index (χ1v) is 9.11. The molecule has 1 aromatic heterocycles. The largest absolute Gasteiger partial charge is 0.497 e. The lowest BCUT2D eigenvalue weighted by Crippen LogP contribution is -2.20. The highest BCUT2D eigenvalue weighted by Crippen LogP contribution is 2.25. The molecule has 26 heavy (non-hydrogen) atoms. The minimum absolute atomic E-state index is 0.206. The van der Waals surface area contributed by atoms with E-state index in [1.54, 1.807) is 7.11 Å². The monoisotopic (exact) mass is 372 g/mol. The lowest BCUT2D eigenvalue weighted by Gasteiger charge is -2.12. The van der Waals surface area contributed by atoms with Crippen molar-refractivity contribution in [1.29, 1.82) is 0 Å². The minimum atomic E-state index is -0.643. The molecule has 0 aliphatic carbocycles. The Labute approximate surface area is 156 Å². The highest BCUT2D eigenvalue weighted by Gasteiger charge is 2.13. The third kappa shape index (κ3) is 4.77. The zero-order chi connectivity index (χ0) is 18.4. The fourth-order valence-electron chi connectivity index (χ4n) is 2.24. The molecule has 3 rings (SSSR count). The van der Waals surface area contributed by atoms with Gasteiger partial charge in [0.25, 0.3) is 5.22 Å². The number of aromatic nitrogens is 2. The fourth-order valence-corrected chi connectivity index (χ4v) is 2.91. The number of ether oxygens (including phenoxy) is 2. The smallest absolute Gasteiger partial charge is 0.276 e. The molecule has 2 aromatic carbocycles. The number of para-hydroxylation sites is 1. The molecule has 1 atom stereocenters. The third-order valence-electron chi connectivity index (χ3n) is 3.67. The van der Waals surface area contributed by atoms with Gasteiger partial charge >= 0.3 is 0 Å². The Hall–Kier alpha value is -2.51. The van der Waals surface area contributed by atoms with Crippen LogP contribution in [-0.2, 0) is 0 Å². The Morgan fingerprint density at radius 2 is 1.88 bits per heavy atom. The second-order valence-corrected chi connectivity index (χ2v) is 6.61. The summed E-state index contributed by atoms with van der Waals surface area (Å²) in [5.74, 6) is 2.37. The molecule has 0 amide bonds. The van der Waals surface area contributed by atoms with Crippen molar-refractivity contribution in [1.82, 2.24) is 10.2 Å². The number of aliphatic hydroxyl groups excluding tert-OH is 1. The predicted octanol–water partition coefficient (Wildman–Crippen LogP) is 3.59. The summed E-state index contributed by atoms with van der Waals surface area (Å²) in [7, 11) is 1.62. The number of hydrogen-bond acceptors (Lipinski definition) is 7. The first-order valence-electron chi connectivity index (χ1n) is 8.13. The quantitative estimate of drug-likeness (QED) is 0.606. The zero-order valence-electron chi connectivity index (χ0n) is 14.6. The number of rotatable bonds is 8. The zero-order valence-corrected chi connectivity index (χ0v) is 15.4. The van der Waals surface area contributed by atoms with Crippen molar-refractivity contribution in [3.8, 4) is 23.0 Å². The molecule has 0 spiro atoms. The van der Waals surface area contributed by atoms with Crippen molar-refractivity contribution < 1.29 is 19.0 Å². The molecular weight excluding hydrogens is 352 g/mol. The molecule has 0 saturated carbocycles. The Kier molecular flexibility index (Phi) is 6.14. The summed E-state index contributed by atoms with van der Waals surface area (Å²) in [5.41, 5.74) is 1.85. The van der Waals surface area contributed by atoms with Crippen LogP contribution in [0.3, 0.4) is 0 Å². The molecule has 136 valence electrons. The van der Waals surface area contributed by atoms with Crippen molar-refractivity contribution in [3.05, 3.63) is 54.1 Å². The van der Waals surface area contributed by atoms with E-state index in [1.807, 2.05) is 55.5 Å². The predicted molar refractivity (Wildman–Crippen MR) is 99.7 cm³/mol. The van der Waals surface area contributed by atoms with E-state index in [0.29, 0.717) is 16.9 Å². The van der Waals surface area contributed by atoms with E-state index in [2.05, 4.69) is 10.2 Å². The molecule has 1 N–H and O–H groups in total. The summed E-state index contributed by atoms with van der Waals surface area (Å²) in [4.78, 5) is 0. The van der Waals surface area contributed by atoms with E-state index in [4.69, 9.17) is 13.9 Å². The lowest BCUT2D eigenvalue weighted by molar-refractivity contribution is 0.126. The molecule has 0 fully saturated rings. The van der Waals surface area contributed by atoms with E-state index < -0.39 is 6.10 Å². The fraction of sp³-hybridized carbons (Fsp3) is 0.263. The maximum atomic E-state index is 10.1. The van der Waals surface area contributed by atoms with E-state index >= 15 is 0 Å². The minimum Gasteiger partial charge on any atom is -0.497 e. The Bertz CT molecular complexity index is 836. The molecule has 6 nitrogen and oxygen atoms in total. The van der Waals surface area contributed by atoms with E-state index in [-0.39, 0.29) is 6.61 Å². The maximum absolute atomic E-state index is 10.1. The van der Waals surface area contributed by atoms with Gasteiger partial charge in [0.05, 0.1) is 13.2 Å². The van der Waals surface area contributed by atoms with Gasteiger partial charge in [-0.3, -0.25) is 0 Å². The third-order valence-corrected chi connectivity index (χ3v) is 4.63. The second kappa shape index (κ2) is 8.73. The Morgan fingerprint density at radius 3 is 2.62 bits per heavy atom. The van der Waals surface area contributed by atoms with Crippen LogP contribution >= 0.6 is 11.8 Å². The Morgan fingerprint density at radius 1 is 1.12 bits per heavy atom. The van der Waals surface area contributed by atoms with Gasteiger partial charge in [-0.2, -0.15) is 0 Å². The van der Waals surface area contributed by atoms with E-state index in [9.17, 15) is 5.11 Å². The molecule has 0 saturated heterocycles. The van der Waals surface area contributed by atoms with Crippen molar-refractivity contribution in [3.63, 3.8) is 0 Å². The summed E-state index contributed by atoms with van der Waals surface area (Å²) < 4.78 is 16.4. The summed E-state index contributed by atoms with van der Waals surface area (Å²) in [5, 5.41) is 18.5. The highest BCUT2D eigenvalue weighted by atomic mass is 32.2. The van der Waals surface area contributed by atoms with Crippen LogP contribution in [0.4, 0.5) is 0 Å². The van der Waals surface area contributed by atoms with Crippen LogP contribution in [0.2, 0.25) is 0 Å². The lowest BCUT2D eigenvalue weighted by atomic mass is 10.2. The van der Waals surface area contributed by atoms with E-state index in [0.717, 1.165) is 22.6 Å². The first kappa shape index (κ1) is 18.3. The maximum Gasteiger partial charge on any atom is 0.276 e. The van der Waals surface area contributed by atoms with Crippen LogP contribution in [0.25, 0.3) is 11.5 Å². The van der Waals surface area contributed by atoms with Crippen molar-refractivity contribution in [2.45, 2.75) is 18.3 Å². The number of methoxy groups -OCH3 is 1. The summed E-state index contributed by atoms with van der Waals surface area (Å²) >= 11 is 1.30. The highest BCUT2D eigenvalue weighted by molar-refractivity contribution is 7.99. The molecule has 7 heteroatoms. The number of benzene rings is 2. The second-order valence-electron chi connectivity index (χ2n) is 5.64. The summed E-state index contributed by atoms with van der Waals surface area (Å²) in [6, 6.07) is 15.1. The van der Waals surface area contributed by atoms with Gasteiger partial charge in [0.15, 0.2) is 0 Å². The number of nitrogens with zero attached hydrogens (tertiary/aromatic N) is 2. The van der Waals surface area contributed by atoms with Crippen molar-refractivity contribution >= 4 is 11.8 Å². The summed E-state index contributed by atoms with van der Waals surface area (Å²) in [6.07, 6.45) is -0.643. The molecular formula is C19H20N2O4S. The molecule has 1 heterocycles. The molecule has 3 aromatic rings. The van der Waals surface area contributed by atoms with Crippen LogP contribution in [-0.4, -0.2) is 40.9 Å². The van der Waals surface area contributed by atoms with Gasteiger partial charge in [0, 0.05) is 11.3 Å². The first-order chi connectivity index (χ1) is 12.7. The average molecular weight is 372 g/mol. The van der Waals surface area contributed by atoms with Gasteiger partial charge < -0.3 is 19.0 Å². The molecule has 0 aliphatic heterocycles. The van der Waals surface area contributed by atoms with Gasteiger partial charge in [-0.25, -0.2) is 0 Å². The van der Waals surface area contributed by atoms with Crippen LogP contribution in [0, 0.1) is 6.92 Å². The number of thioether (sulfide) groups is 1. The van der Waals surface area contributed by atoms with Gasteiger partial charge in [-0.05, 0) is 42.8 Å². The Balaban J connectivity index is 1.50. The normalized spacial score (nSPS) is 12.0. The average Bonchev–Trinajstić information content (AvgIpc) is 3.15. The SMILES string of the molecule is COc1ccc(-c2nnc(SC[C@@H](O)COc3ccccc3C)o2)cc1. The van der Waals surface area contributed by atoms with Gasteiger partial charge in [0.1, 0.15) is 18.1 Å². The molecule has 0 radical (unpaired) electrons. The van der Waals surface area contributed by atoms with Crippen LogP contribution in [0.15, 0.2) is 58.2 Å². The standard InChI is InChI=1S/C19H20N2O4S/c1-13-5-3-4-6-17(13)24-11-15(22)12-26-19-21-20-18(25-19)14-7-9-16(23-2)10-8-14/h3-10,15,22H,11-12H2,1-2H3/t15-/m0/s1. The van der Waals surface area contributed by atoms with Crippen molar-refractivity contribution in [2.75, 3.05) is 19.5 Å². The molecule has 0 aliphatic rings. The number of aryl methyl sites for hydroxylation is 1. The summed E-state index contributed by atoms with van der Waals surface area (Å²) in [6.45, 7) is 2.17. The van der Waals surface area contributed by atoms with Gasteiger partial charge in [0.2, 0.25) is 5.89 Å². The van der Waals surface area contributed by atoms with Gasteiger partial charge in [-0.1, -0.05) is 30.0 Å².